The van der Waals surface area contributed by atoms with Gasteiger partial charge in [-0.1, -0.05) is 85.5 Å². The van der Waals surface area contributed by atoms with Crippen molar-refractivity contribution in [3.63, 3.8) is 0 Å². The first kappa shape index (κ1) is 27.7. The SMILES string of the molecule is C=CCOc1c2cccc1Cc1cccc(c1OC(C)=O)Cc1cccc(c1OC(C)=O)Cc1cccc(c1O)C2. The Morgan fingerprint density at radius 1 is 0.634 bits per heavy atom. The Kier molecular flexibility index (Phi) is 8.20. The van der Waals surface area contributed by atoms with Crippen LogP contribution < -0.4 is 14.2 Å². The van der Waals surface area contributed by atoms with Gasteiger partial charge in [0.05, 0.1) is 0 Å². The summed E-state index contributed by atoms with van der Waals surface area (Å²) in [7, 11) is 0. The van der Waals surface area contributed by atoms with E-state index in [1.807, 2.05) is 72.8 Å². The fraction of sp³-hybridized carbons (Fsp3) is 0.200. The lowest BCUT2D eigenvalue weighted by molar-refractivity contribution is -0.132. The Bertz CT molecular complexity index is 1630. The molecular formula is C35H32O6. The number of rotatable bonds is 5. The fourth-order valence-electron chi connectivity index (χ4n) is 5.38. The summed E-state index contributed by atoms with van der Waals surface area (Å²) in [5, 5.41) is 11.4. The molecule has 0 unspecified atom stereocenters. The summed E-state index contributed by atoms with van der Waals surface area (Å²) in [5.74, 6) is 0.973. The van der Waals surface area contributed by atoms with Gasteiger partial charge in [0.25, 0.3) is 0 Å². The summed E-state index contributed by atoms with van der Waals surface area (Å²) < 4.78 is 17.8. The molecule has 1 aliphatic carbocycles. The highest BCUT2D eigenvalue weighted by molar-refractivity contribution is 5.72. The molecule has 8 bridgehead atoms. The van der Waals surface area contributed by atoms with Crippen LogP contribution in [0, 0.1) is 0 Å². The van der Waals surface area contributed by atoms with E-state index in [0.717, 1.165) is 38.9 Å². The summed E-state index contributed by atoms with van der Waals surface area (Å²) in [4.78, 5) is 24.5. The van der Waals surface area contributed by atoms with E-state index in [2.05, 4.69) is 6.58 Å². The molecule has 0 atom stereocenters. The van der Waals surface area contributed by atoms with Gasteiger partial charge in [-0.25, -0.2) is 0 Å². The monoisotopic (exact) mass is 548 g/mol. The van der Waals surface area contributed by atoms with Crippen LogP contribution in [0.5, 0.6) is 23.0 Å². The van der Waals surface area contributed by atoms with E-state index in [1.54, 1.807) is 6.08 Å². The predicted molar refractivity (Wildman–Crippen MR) is 157 cm³/mol. The van der Waals surface area contributed by atoms with E-state index in [-0.39, 0.29) is 5.75 Å². The Morgan fingerprint density at radius 3 is 1.29 bits per heavy atom. The zero-order valence-corrected chi connectivity index (χ0v) is 23.2. The number of benzene rings is 4. The average Bonchev–Trinajstić information content (AvgIpc) is 2.93. The lowest BCUT2D eigenvalue weighted by Crippen LogP contribution is -2.11. The number of ether oxygens (including phenoxy) is 3. The molecule has 0 radical (unpaired) electrons. The second-order valence-electron chi connectivity index (χ2n) is 10.1. The van der Waals surface area contributed by atoms with Crippen molar-refractivity contribution < 1.29 is 28.9 Å². The third-order valence-corrected chi connectivity index (χ3v) is 7.10. The van der Waals surface area contributed by atoms with E-state index < -0.39 is 11.9 Å². The van der Waals surface area contributed by atoms with E-state index >= 15 is 0 Å². The predicted octanol–water partition coefficient (Wildman–Crippen LogP) is 6.48. The van der Waals surface area contributed by atoms with E-state index in [1.165, 1.54) is 13.8 Å². The molecule has 208 valence electrons. The Hall–Kier alpha value is -4.84. The van der Waals surface area contributed by atoms with Gasteiger partial charge in [0.15, 0.2) is 0 Å². The number of hydrogen-bond donors (Lipinski definition) is 1. The van der Waals surface area contributed by atoms with Crippen LogP contribution in [0.2, 0.25) is 0 Å². The molecule has 6 heteroatoms. The molecule has 1 N–H and O–H groups in total. The van der Waals surface area contributed by atoms with Crippen LogP contribution in [0.1, 0.15) is 58.4 Å². The molecule has 0 saturated heterocycles. The Balaban J connectivity index is 1.76. The van der Waals surface area contributed by atoms with Crippen LogP contribution in [0.3, 0.4) is 0 Å². The molecule has 0 spiro atoms. The van der Waals surface area contributed by atoms with Gasteiger partial charge < -0.3 is 19.3 Å². The maximum atomic E-state index is 12.3. The second kappa shape index (κ2) is 12.1. The number of carbonyl (C=O) groups is 2. The third-order valence-electron chi connectivity index (χ3n) is 7.10. The molecule has 0 aromatic heterocycles. The highest BCUT2D eigenvalue weighted by atomic mass is 16.5. The topological polar surface area (TPSA) is 82.1 Å². The van der Waals surface area contributed by atoms with E-state index in [0.29, 0.717) is 55.1 Å². The lowest BCUT2D eigenvalue weighted by Gasteiger charge is -2.20. The van der Waals surface area contributed by atoms with E-state index in [4.69, 9.17) is 14.2 Å². The number of aromatic hydroxyl groups is 1. The van der Waals surface area contributed by atoms with Crippen molar-refractivity contribution in [3.8, 4) is 23.0 Å². The number of para-hydroxylation sites is 4. The van der Waals surface area contributed by atoms with Crippen molar-refractivity contribution >= 4 is 11.9 Å². The molecule has 41 heavy (non-hydrogen) atoms. The van der Waals surface area contributed by atoms with Gasteiger partial charge >= 0.3 is 11.9 Å². The molecule has 0 saturated carbocycles. The minimum atomic E-state index is -0.439. The van der Waals surface area contributed by atoms with Crippen molar-refractivity contribution in [1.82, 2.24) is 0 Å². The largest absolute Gasteiger partial charge is 0.507 e. The first-order valence-electron chi connectivity index (χ1n) is 13.6. The van der Waals surface area contributed by atoms with Crippen LogP contribution in [0.15, 0.2) is 85.5 Å². The number of phenols is 1. The molecule has 4 aromatic carbocycles. The smallest absolute Gasteiger partial charge is 0.308 e. The van der Waals surface area contributed by atoms with Crippen molar-refractivity contribution in [2.45, 2.75) is 39.5 Å². The maximum absolute atomic E-state index is 12.3. The molecule has 0 heterocycles. The fourth-order valence-corrected chi connectivity index (χ4v) is 5.38. The summed E-state index contributed by atoms with van der Waals surface area (Å²) in [5.41, 5.74) is 6.43. The van der Waals surface area contributed by atoms with Gasteiger partial charge in [-0.05, 0) is 44.5 Å². The molecular weight excluding hydrogens is 516 g/mol. The van der Waals surface area contributed by atoms with Gasteiger partial charge in [0.2, 0.25) is 0 Å². The van der Waals surface area contributed by atoms with Crippen LogP contribution in [-0.4, -0.2) is 23.7 Å². The van der Waals surface area contributed by atoms with Gasteiger partial charge in [-0.3, -0.25) is 9.59 Å². The highest BCUT2D eigenvalue weighted by Crippen LogP contribution is 2.38. The minimum Gasteiger partial charge on any atom is -0.507 e. The number of fused-ring (bicyclic) bond motifs is 8. The lowest BCUT2D eigenvalue weighted by atomic mass is 9.91. The zero-order valence-electron chi connectivity index (χ0n) is 23.2. The summed E-state index contributed by atoms with van der Waals surface area (Å²) in [6.45, 7) is 6.88. The molecule has 0 fully saturated rings. The molecule has 6 nitrogen and oxygen atoms in total. The first-order valence-corrected chi connectivity index (χ1v) is 13.6. The summed E-state index contributed by atoms with van der Waals surface area (Å²) in [6, 6.07) is 23.1. The molecule has 5 rings (SSSR count). The third kappa shape index (κ3) is 6.17. The number of carbonyl (C=O) groups excluding carboxylic acids is 2. The van der Waals surface area contributed by atoms with Crippen LogP contribution in [0.25, 0.3) is 0 Å². The van der Waals surface area contributed by atoms with Crippen molar-refractivity contribution in [1.29, 1.82) is 0 Å². The number of phenolic OH excluding ortho intramolecular Hbond substituents is 1. The number of esters is 2. The average molecular weight is 549 g/mol. The molecule has 1 aliphatic rings. The van der Waals surface area contributed by atoms with Crippen LogP contribution in [0.4, 0.5) is 0 Å². The zero-order chi connectivity index (χ0) is 28.9. The van der Waals surface area contributed by atoms with Crippen molar-refractivity contribution in [2.24, 2.45) is 0 Å². The summed E-state index contributed by atoms with van der Waals surface area (Å²) >= 11 is 0. The summed E-state index contributed by atoms with van der Waals surface area (Å²) in [6.07, 6.45) is 3.29. The van der Waals surface area contributed by atoms with E-state index in [9.17, 15) is 14.7 Å². The highest BCUT2D eigenvalue weighted by Gasteiger charge is 2.21. The van der Waals surface area contributed by atoms with Crippen LogP contribution >= 0.6 is 0 Å². The van der Waals surface area contributed by atoms with Gasteiger partial charge in [-0.15, -0.1) is 0 Å². The van der Waals surface area contributed by atoms with Gasteiger partial charge in [-0.2, -0.15) is 0 Å². The Morgan fingerprint density at radius 2 is 0.951 bits per heavy atom. The van der Waals surface area contributed by atoms with Crippen molar-refractivity contribution in [2.75, 3.05) is 6.61 Å². The van der Waals surface area contributed by atoms with Gasteiger partial charge in [0.1, 0.15) is 29.6 Å². The minimum absolute atomic E-state index is 0.196. The van der Waals surface area contributed by atoms with Crippen LogP contribution in [-0.2, 0) is 35.3 Å². The van der Waals surface area contributed by atoms with Crippen molar-refractivity contribution in [3.05, 3.63) is 130 Å². The standard InChI is InChI=1S/C35H32O6/c1-4-17-39-33-26-11-6-12-27(33)20-29-14-8-16-31(35(29)41-23(3)37)21-30-15-7-13-28(34(30)40-22(2)36)19-25-10-5-9-24(18-26)32(25)38/h4-16,38H,1,17-21H2,2-3H3. The number of hydrogen-bond acceptors (Lipinski definition) is 6. The maximum Gasteiger partial charge on any atom is 0.308 e. The molecule has 0 aliphatic heterocycles. The molecule has 4 aromatic rings. The second-order valence-corrected chi connectivity index (χ2v) is 10.1. The quantitative estimate of drug-likeness (QED) is 0.154. The normalized spacial score (nSPS) is 12.2. The molecule has 0 amide bonds. The van der Waals surface area contributed by atoms with Gasteiger partial charge in [0, 0.05) is 39.5 Å². The first-order chi connectivity index (χ1) is 19.8. The Labute approximate surface area is 239 Å².